The Morgan fingerprint density at radius 1 is 1.16 bits per heavy atom. The minimum absolute atomic E-state index is 0.0871. The van der Waals surface area contributed by atoms with Gasteiger partial charge in [0.05, 0.1) is 11.6 Å². The molecule has 2 aromatic carbocycles. The lowest BCUT2D eigenvalue weighted by Crippen LogP contribution is -2.32. The molecule has 25 heavy (non-hydrogen) atoms. The molecular weight excluding hydrogens is 321 g/mol. The number of halogens is 1. The summed E-state index contributed by atoms with van der Waals surface area (Å²) in [5.41, 5.74) is 1.54. The number of amides is 1. The summed E-state index contributed by atoms with van der Waals surface area (Å²) in [5, 5.41) is 2.87. The fourth-order valence-electron chi connectivity index (χ4n) is 2.47. The van der Waals surface area contributed by atoms with Gasteiger partial charge in [-0.2, -0.15) is 0 Å². The summed E-state index contributed by atoms with van der Waals surface area (Å²) in [6.07, 6.45) is 1.69. The van der Waals surface area contributed by atoms with E-state index in [9.17, 15) is 14.0 Å². The summed E-state index contributed by atoms with van der Waals surface area (Å²) in [7, 11) is 0. The van der Waals surface area contributed by atoms with Crippen LogP contribution in [0, 0.1) is 12.7 Å². The first-order chi connectivity index (χ1) is 12.0. The molecule has 1 atom stereocenters. The molecule has 0 aromatic heterocycles. The van der Waals surface area contributed by atoms with Crippen molar-refractivity contribution in [3.8, 4) is 0 Å². The number of carbonyl (C=O) groups is 2. The Kier molecular flexibility index (Phi) is 6.69. The van der Waals surface area contributed by atoms with Gasteiger partial charge in [0.15, 0.2) is 6.61 Å². The molecule has 0 bridgehead atoms. The normalized spacial score (nSPS) is 11.6. The Morgan fingerprint density at radius 3 is 2.52 bits per heavy atom. The zero-order chi connectivity index (χ0) is 18.2. The number of hydrogen-bond acceptors (Lipinski definition) is 3. The number of ether oxygens (including phenoxy) is 1. The highest BCUT2D eigenvalue weighted by atomic mass is 19.1. The van der Waals surface area contributed by atoms with Crippen LogP contribution in [0.15, 0.2) is 48.5 Å². The maximum atomic E-state index is 13.5. The van der Waals surface area contributed by atoms with Crippen molar-refractivity contribution in [1.82, 2.24) is 5.32 Å². The zero-order valence-electron chi connectivity index (χ0n) is 14.4. The van der Waals surface area contributed by atoms with E-state index in [0.29, 0.717) is 5.56 Å². The van der Waals surface area contributed by atoms with Crippen molar-refractivity contribution in [2.24, 2.45) is 0 Å². The quantitative estimate of drug-likeness (QED) is 0.775. The third-order valence-corrected chi connectivity index (χ3v) is 3.86. The van der Waals surface area contributed by atoms with Crippen molar-refractivity contribution in [2.75, 3.05) is 6.61 Å². The molecule has 0 spiro atoms. The molecule has 0 aliphatic rings. The molecule has 0 aliphatic carbocycles. The maximum absolute atomic E-state index is 13.5. The van der Waals surface area contributed by atoms with E-state index in [1.54, 1.807) is 6.92 Å². The third-order valence-electron chi connectivity index (χ3n) is 3.86. The molecule has 2 rings (SSSR count). The maximum Gasteiger partial charge on any atom is 0.338 e. The molecule has 132 valence electrons. The lowest BCUT2D eigenvalue weighted by molar-refractivity contribution is -0.125. The van der Waals surface area contributed by atoms with Crippen molar-refractivity contribution >= 4 is 11.9 Å². The van der Waals surface area contributed by atoms with Crippen molar-refractivity contribution < 1.29 is 18.7 Å². The van der Waals surface area contributed by atoms with Gasteiger partial charge in [0.1, 0.15) is 5.82 Å². The molecule has 2 aromatic rings. The van der Waals surface area contributed by atoms with Gasteiger partial charge in [-0.05, 0) is 36.6 Å². The fraction of sp³-hybridized carbons (Fsp3) is 0.300. The topological polar surface area (TPSA) is 55.4 Å². The van der Waals surface area contributed by atoms with E-state index in [0.717, 1.165) is 24.5 Å². The van der Waals surface area contributed by atoms with Gasteiger partial charge in [-0.1, -0.05) is 49.7 Å². The van der Waals surface area contributed by atoms with Gasteiger partial charge in [0.25, 0.3) is 5.91 Å². The number of aryl methyl sites for hydroxylation is 1. The molecule has 0 saturated heterocycles. The molecule has 0 unspecified atom stereocenters. The van der Waals surface area contributed by atoms with Crippen molar-refractivity contribution in [1.29, 1.82) is 0 Å². The first-order valence-electron chi connectivity index (χ1n) is 8.29. The van der Waals surface area contributed by atoms with E-state index in [4.69, 9.17) is 4.74 Å². The Bertz CT molecular complexity index is 731. The van der Waals surface area contributed by atoms with Crippen molar-refractivity contribution in [3.63, 3.8) is 0 Å². The summed E-state index contributed by atoms with van der Waals surface area (Å²) < 4.78 is 18.5. The Labute approximate surface area is 147 Å². The Balaban J connectivity index is 1.92. The number of nitrogens with one attached hydrogen (secondary N) is 1. The van der Waals surface area contributed by atoms with Crippen LogP contribution in [0.2, 0.25) is 0 Å². The first kappa shape index (κ1) is 18.6. The van der Waals surface area contributed by atoms with Crippen LogP contribution in [0.25, 0.3) is 0 Å². The highest BCUT2D eigenvalue weighted by Gasteiger charge is 2.16. The summed E-state index contributed by atoms with van der Waals surface area (Å²) in [5.74, 6) is -1.59. The Hall–Kier alpha value is -2.69. The molecule has 0 saturated carbocycles. The van der Waals surface area contributed by atoms with E-state index < -0.39 is 18.4 Å². The van der Waals surface area contributed by atoms with Crippen LogP contribution in [-0.2, 0) is 9.53 Å². The minimum Gasteiger partial charge on any atom is -0.452 e. The SMILES string of the molecule is CCC[C@H](NC(=O)COC(=O)c1ccc(C)c(F)c1)c1ccccc1. The van der Waals surface area contributed by atoms with Gasteiger partial charge in [-0.25, -0.2) is 9.18 Å². The van der Waals surface area contributed by atoms with E-state index in [2.05, 4.69) is 5.32 Å². The highest BCUT2D eigenvalue weighted by molar-refractivity contribution is 5.91. The summed E-state index contributed by atoms with van der Waals surface area (Å²) >= 11 is 0. The van der Waals surface area contributed by atoms with E-state index in [1.165, 1.54) is 12.1 Å². The van der Waals surface area contributed by atoms with Crippen LogP contribution in [0.3, 0.4) is 0 Å². The van der Waals surface area contributed by atoms with Gasteiger partial charge in [-0.15, -0.1) is 0 Å². The molecule has 0 heterocycles. The molecule has 1 N–H and O–H groups in total. The molecule has 0 aliphatic heterocycles. The zero-order valence-corrected chi connectivity index (χ0v) is 14.4. The van der Waals surface area contributed by atoms with Crippen molar-refractivity contribution in [3.05, 3.63) is 71.0 Å². The van der Waals surface area contributed by atoms with Crippen LogP contribution in [0.1, 0.15) is 47.3 Å². The first-order valence-corrected chi connectivity index (χ1v) is 8.29. The lowest BCUT2D eigenvalue weighted by atomic mass is 10.0. The fourth-order valence-corrected chi connectivity index (χ4v) is 2.47. The second-order valence-electron chi connectivity index (χ2n) is 5.86. The number of rotatable bonds is 7. The van der Waals surface area contributed by atoms with Crippen molar-refractivity contribution in [2.45, 2.75) is 32.7 Å². The average molecular weight is 343 g/mol. The van der Waals surface area contributed by atoms with Crippen LogP contribution in [0.5, 0.6) is 0 Å². The predicted molar refractivity (Wildman–Crippen MR) is 93.7 cm³/mol. The minimum atomic E-state index is -0.721. The van der Waals surface area contributed by atoms with E-state index in [1.807, 2.05) is 37.3 Å². The summed E-state index contributed by atoms with van der Waals surface area (Å²) in [4.78, 5) is 24.0. The largest absolute Gasteiger partial charge is 0.452 e. The van der Waals surface area contributed by atoms with Gasteiger partial charge in [-0.3, -0.25) is 4.79 Å². The number of hydrogen-bond donors (Lipinski definition) is 1. The number of esters is 1. The third kappa shape index (κ3) is 5.41. The standard InChI is InChI=1S/C20H22FNO3/c1-3-7-18(15-8-5-4-6-9-15)22-19(23)13-25-20(24)16-11-10-14(2)17(21)12-16/h4-6,8-12,18H,3,7,13H2,1-2H3,(H,22,23)/t18-/m0/s1. The van der Waals surface area contributed by atoms with Crippen LogP contribution >= 0.6 is 0 Å². The lowest BCUT2D eigenvalue weighted by Gasteiger charge is -2.18. The van der Waals surface area contributed by atoms with Crippen LogP contribution < -0.4 is 5.32 Å². The average Bonchev–Trinajstić information content (AvgIpc) is 2.62. The van der Waals surface area contributed by atoms with Crippen LogP contribution in [-0.4, -0.2) is 18.5 Å². The molecule has 1 amide bonds. The van der Waals surface area contributed by atoms with Crippen LogP contribution in [0.4, 0.5) is 4.39 Å². The number of carbonyl (C=O) groups excluding carboxylic acids is 2. The summed E-state index contributed by atoms with van der Waals surface area (Å²) in [6.45, 7) is 3.24. The molecule has 5 heteroatoms. The predicted octanol–water partition coefficient (Wildman–Crippen LogP) is 3.95. The van der Waals surface area contributed by atoms with Gasteiger partial charge in [0, 0.05) is 0 Å². The number of benzene rings is 2. The van der Waals surface area contributed by atoms with E-state index >= 15 is 0 Å². The monoisotopic (exact) mass is 343 g/mol. The molecule has 0 fully saturated rings. The van der Waals surface area contributed by atoms with E-state index in [-0.39, 0.29) is 17.5 Å². The molecule has 0 radical (unpaired) electrons. The second kappa shape index (κ2) is 8.97. The van der Waals surface area contributed by atoms with Gasteiger partial charge < -0.3 is 10.1 Å². The second-order valence-corrected chi connectivity index (χ2v) is 5.86. The summed E-state index contributed by atoms with van der Waals surface area (Å²) in [6, 6.07) is 13.6. The molecule has 4 nitrogen and oxygen atoms in total. The van der Waals surface area contributed by atoms with Gasteiger partial charge in [0.2, 0.25) is 0 Å². The van der Waals surface area contributed by atoms with Gasteiger partial charge >= 0.3 is 5.97 Å². The smallest absolute Gasteiger partial charge is 0.338 e. The highest BCUT2D eigenvalue weighted by Crippen LogP contribution is 2.18. The Morgan fingerprint density at radius 2 is 1.88 bits per heavy atom. The molecular formula is C20H22FNO3.